The maximum Gasteiger partial charge on any atom is 0.315 e. The van der Waals surface area contributed by atoms with Crippen molar-refractivity contribution < 1.29 is 19.5 Å². The molecule has 0 aromatic heterocycles. The van der Waals surface area contributed by atoms with Crippen LogP contribution < -0.4 is 9.47 Å². The van der Waals surface area contributed by atoms with Crippen molar-refractivity contribution in [2.24, 2.45) is 4.99 Å². The SMILES string of the molecule is CCOc1cc(C=Nc2ccc(OC)cc2)cc([N+](=O)[O-])c1O. The van der Waals surface area contributed by atoms with Crippen molar-refractivity contribution in [3.8, 4) is 17.2 Å². The lowest BCUT2D eigenvalue weighted by molar-refractivity contribution is -0.386. The Morgan fingerprint density at radius 1 is 1.30 bits per heavy atom. The second kappa shape index (κ2) is 7.26. The summed E-state index contributed by atoms with van der Waals surface area (Å²) in [6.07, 6.45) is 1.47. The van der Waals surface area contributed by atoms with Gasteiger partial charge in [0.05, 0.1) is 24.3 Å². The standard InChI is InChI=1S/C16H16N2O5/c1-3-23-15-9-11(8-14(16(15)19)18(20)21)10-17-12-4-6-13(22-2)7-5-12/h4-10,19H,3H2,1-2H3. The molecule has 0 aliphatic heterocycles. The molecule has 7 nitrogen and oxygen atoms in total. The summed E-state index contributed by atoms with van der Waals surface area (Å²) in [7, 11) is 1.57. The summed E-state index contributed by atoms with van der Waals surface area (Å²) < 4.78 is 10.3. The summed E-state index contributed by atoms with van der Waals surface area (Å²) in [5.41, 5.74) is 0.695. The Morgan fingerprint density at radius 3 is 2.57 bits per heavy atom. The van der Waals surface area contributed by atoms with E-state index in [2.05, 4.69) is 4.99 Å². The maximum atomic E-state index is 11.0. The van der Waals surface area contributed by atoms with Crippen molar-refractivity contribution in [3.63, 3.8) is 0 Å². The van der Waals surface area contributed by atoms with Crippen LogP contribution in [-0.4, -0.2) is 30.0 Å². The third-order valence-electron chi connectivity index (χ3n) is 3.01. The zero-order valence-corrected chi connectivity index (χ0v) is 12.7. The molecule has 23 heavy (non-hydrogen) atoms. The number of nitrogens with zero attached hydrogens (tertiary/aromatic N) is 2. The molecular weight excluding hydrogens is 300 g/mol. The minimum absolute atomic E-state index is 0.0536. The number of aliphatic imine (C=N–C) groups is 1. The summed E-state index contributed by atoms with van der Waals surface area (Å²) in [6.45, 7) is 2.01. The third kappa shape index (κ3) is 3.97. The molecule has 0 fully saturated rings. The minimum atomic E-state index is -0.664. The van der Waals surface area contributed by atoms with Crippen LogP contribution in [0.25, 0.3) is 0 Å². The maximum absolute atomic E-state index is 11.0. The Bertz CT molecular complexity index is 726. The summed E-state index contributed by atoms with van der Waals surface area (Å²) in [5.74, 6) is 0.277. The Kier molecular flexibility index (Phi) is 5.14. The average molecular weight is 316 g/mol. The fourth-order valence-corrected chi connectivity index (χ4v) is 1.91. The molecule has 0 radical (unpaired) electrons. The first kappa shape index (κ1) is 16.3. The van der Waals surface area contributed by atoms with E-state index in [9.17, 15) is 15.2 Å². The molecule has 0 aliphatic carbocycles. The van der Waals surface area contributed by atoms with Gasteiger partial charge in [0.15, 0.2) is 5.75 Å². The van der Waals surface area contributed by atoms with Gasteiger partial charge in [-0.3, -0.25) is 15.1 Å². The molecule has 0 spiro atoms. The number of methoxy groups -OCH3 is 1. The highest BCUT2D eigenvalue weighted by molar-refractivity contribution is 5.85. The smallest absolute Gasteiger partial charge is 0.315 e. The summed E-state index contributed by atoms with van der Waals surface area (Å²) in [6, 6.07) is 9.78. The van der Waals surface area contributed by atoms with E-state index >= 15 is 0 Å². The van der Waals surface area contributed by atoms with Crippen molar-refractivity contribution in [2.75, 3.05) is 13.7 Å². The van der Waals surface area contributed by atoms with Crippen molar-refractivity contribution in [1.29, 1.82) is 0 Å². The number of nitro benzene ring substituents is 1. The second-order valence-corrected chi connectivity index (χ2v) is 4.53. The van der Waals surface area contributed by atoms with E-state index in [-0.39, 0.29) is 12.4 Å². The van der Waals surface area contributed by atoms with Gasteiger partial charge in [0, 0.05) is 17.8 Å². The van der Waals surface area contributed by atoms with Crippen LogP contribution >= 0.6 is 0 Å². The number of hydrogen-bond donors (Lipinski definition) is 1. The second-order valence-electron chi connectivity index (χ2n) is 4.53. The fraction of sp³-hybridized carbons (Fsp3) is 0.188. The number of phenols is 1. The van der Waals surface area contributed by atoms with Crippen LogP contribution in [0, 0.1) is 10.1 Å². The third-order valence-corrected chi connectivity index (χ3v) is 3.01. The largest absolute Gasteiger partial charge is 0.500 e. The molecule has 0 unspecified atom stereocenters. The highest BCUT2D eigenvalue weighted by atomic mass is 16.6. The van der Waals surface area contributed by atoms with Crippen molar-refractivity contribution >= 4 is 17.6 Å². The van der Waals surface area contributed by atoms with Crippen LogP contribution in [0.5, 0.6) is 17.2 Å². The molecule has 0 heterocycles. The van der Waals surface area contributed by atoms with Gasteiger partial charge in [-0.15, -0.1) is 0 Å². The lowest BCUT2D eigenvalue weighted by Gasteiger charge is -2.07. The van der Waals surface area contributed by atoms with E-state index in [1.54, 1.807) is 38.3 Å². The molecule has 0 saturated heterocycles. The van der Waals surface area contributed by atoms with E-state index in [1.165, 1.54) is 18.3 Å². The number of aromatic hydroxyl groups is 1. The predicted octanol–water partition coefficient (Wildman–Crippen LogP) is 3.46. The van der Waals surface area contributed by atoms with Crippen molar-refractivity contribution in [2.45, 2.75) is 6.92 Å². The first-order valence-corrected chi connectivity index (χ1v) is 6.87. The Morgan fingerprint density at radius 2 is 2.00 bits per heavy atom. The molecule has 2 rings (SSSR count). The summed E-state index contributed by atoms with van der Waals surface area (Å²) in [5, 5.41) is 20.8. The molecule has 120 valence electrons. The summed E-state index contributed by atoms with van der Waals surface area (Å²) in [4.78, 5) is 14.6. The van der Waals surface area contributed by atoms with Gasteiger partial charge in [0.1, 0.15) is 5.75 Å². The lowest BCUT2D eigenvalue weighted by Crippen LogP contribution is -1.97. The van der Waals surface area contributed by atoms with Gasteiger partial charge in [0.2, 0.25) is 5.75 Å². The molecule has 2 aromatic carbocycles. The first-order valence-electron chi connectivity index (χ1n) is 6.87. The van der Waals surface area contributed by atoms with Gasteiger partial charge in [-0.1, -0.05) is 0 Å². The van der Waals surface area contributed by atoms with Crippen LogP contribution in [0.4, 0.5) is 11.4 Å². The molecule has 1 N–H and O–H groups in total. The van der Waals surface area contributed by atoms with Gasteiger partial charge in [-0.2, -0.15) is 0 Å². The van der Waals surface area contributed by atoms with E-state index in [4.69, 9.17) is 9.47 Å². The van der Waals surface area contributed by atoms with Gasteiger partial charge in [0.25, 0.3) is 0 Å². The number of nitro groups is 1. The highest BCUT2D eigenvalue weighted by Crippen LogP contribution is 2.36. The summed E-state index contributed by atoms with van der Waals surface area (Å²) >= 11 is 0. The topological polar surface area (TPSA) is 94.2 Å². The molecule has 7 heteroatoms. The normalized spacial score (nSPS) is 10.7. The molecule has 0 bridgehead atoms. The predicted molar refractivity (Wildman–Crippen MR) is 86.2 cm³/mol. The average Bonchev–Trinajstić information content (AvgIpc) is 2.55. The van der Waals surface area contributed by atoms with Gasteiger partial charge >= 0.3 is 5.69 Å². The zero-order chi connectivity index (χ0) is 16.8. The van der Waals surface area contributed by atoms with Gasteiger partial charge in [-0.25, -0.2) is 0 Å². The van der Waals surface area contributed by atoms with Crippen LogP contribution in [0.1, 0.15) is 12.5 Å². The number of phenolic OH excluding ortho intramolecular Hbond substituents is 1. The van der Waals surface area contributed by atoms with Crippen LogP contribution in [0.3, 0.4) is 0 Å². The van der Waals surface area contributed by atoms with E-state index in [0.29, 0.717) is 17.0 Å². The minimum Gasteiger partial charge on any atom is -0.500 e. The Labute approximate surface area is 133 Å². The molecule has 2 aromatic rings. The van der Waals surface area contributed by atoms with E-state index in [1.807, 2.05) is 0 Å². The van der Waals surface area contributed by atoms with Crippen molar-refractivity contribution in [1.82, 2.24) is 0 Å². The molecule has 0 saturated carbocycles. The van der Waals surface area contributed by atoms with Crippen LogP contribution in [-0.2, 0) is 0 Å². The van der Waals surface area contributed by atoms with E-state index < -0.39 is 16.4 Å². The lowest BCUT2D eigenvalue weighted by atomic mass is 10.2. The van der Waals surface area contributed by atoms with Crippen LogP contribution in [0.15, 0.2) is 41.4 Å². The highest BCUT2D eigenvalue weighted by Gasteiger charge is 2.19. The molecule has 0 aliphatic rings. The quantitative estimate of drug-likeness (QED) is 0.500. The first-order chi connectivity index (χ1) is 11.0. The monoisotopic (exact) mass is 316 g/mol. The zero-order valence-electron chi connectivity index (χ0n) is 12.7. The Hall–Kier alpha value is -3.09. The molecular formula is C16H16N2O5. The van der Waals surface area contributed by atoms with Gasteiger partial charge < -0.3 is 14.6 Å². The fourth-order valence-electron chi connectivity index (χ4n) is 1.91. The molecule has 0 amide bonds. The number of ether oxygens (including phenoxy) is 2. The number of rotatable bonds is 6. The van der Waals surface area contributed by atoms with Crippen molar-refractivity contribution in [3.05, 3.63) is 52.1 Å². The van der Waals surface area contributed by atoms with Gasteiger partial charge in [-0.05, 0) is 37.3 Å². The van der Waals surface area contributed by atoms with Crippen LogP contribution in [0.2, 0.25) is 0 Å². The number of benzene rings is 2. The van der Waals surface area contributed by atoms with E-state index in [0.717, 1.165) is 0 Å². The number of hydrogen-bond acceptors (Lipinski definition) is 6. The Balaban J connectivity index is 2.34. The molecule has 0 atom stereocenters.